The summed E-state index contributed by atoms with van der Waals surface area (Å²) in [6.07, 6.45) is 0. The van der Waals surface area contributed by atoms with Crippen LogP contribution in [0.15, 0.2) is 24.3 Å². The molecular formula is C30H46F2OSi2. The maximum Gasteiger partial charge on any atom is 0.265 e. The number of Topliss-reactive ketones (excluding diaryl/α,β-unsaturated/α-hetero) is 1. The number of benzene rings is 1. The van der Waals surface area contributed by atoms with Crippen molar-refractivity contribution in [3.63, 3.8) is 0 Å². The Hall–Kier alpha value is -1.70. The third kappa shape index (κ3) is 6.18. The monoisotopic (exact) mass is 516 g/mol. The van der Waals surface area contributed by atoms with Crippen molar-refractivity contribution in [1.29, 1.82) is 0 Å². The molecule has 0 bridgehead atoms. The number of hydrogen-bond acceptors (Lipinski definition) is 1. The molecule has 0 aliphatic rings. The van der Waals surface area contributed by atoms with E-state index in [0.717, 1.165) is 0 Å². The van der Waals surface area contributed by atoms with Crippen LogP contribution in [0.4, 0.5) is 8.78 Å². The van der Waals surface area contributed by atoms with Gasteiger partial charge in [0.1, 0.15) is 22.0 Å². The second-order valence-electron chi connectivity index (χ2n) is 11.8. The molecule has 1 aromatic rings. The van der Waals surface area contributed by atoms with E-state index in [2.05, 4.69) is 106 Å². The van der Waals surface area contributed by atoms with Crippen molar-refractivity contribution in [3.8, 4) is 22.9 Å². The number of hydrogen-bond donors (Lipinski definition) is 0. The molecule has 0 saturated heterocycles. The third-order valence-corrected chi connectivity index (χ3v) is 20.7. The smallest absolute Gasteiger partial charge is 0.265 e. The Morgan fingerprint density at radius 2 is 1.03 bits per heavy atom. The van der Waals surface area contributed by atoms with Crippen LogP contribution in [0.5, 0.6) is 0 Å². The summed E-state index contributed by atoms with van der Waals surface area (Å²) in [5.74, 6) is 4.27. The predicted octanol–water partition coefficient (Wildman–Crippen LogP) is 9.00. The van der Waals surface area contributed by atoms with Crippen molar-refractivity contribution in [2.75, 3.05) is 0 Å². The van der Waals surface area contributed by atoms with Crippen LogP contribution in [0.2, 0.25) is 33.2 Å². The van der Waals surface area contributed by atoms with Gasteiger partial charge in [0, 0.05) is 5.56 Å². The number of carbonyl (C=O) groups is 1. The molecule has 0 aliphatic heterocycles. The molecule has 0 heterocycles. The fraction of sp³-hybridized carbons (Fsp3) is 0.633. The van der Waals surface area contributed by atoms with Crippen molar-refractivity contribution < 1.29 is 13.6 Å². The molecule has 0 fully saturated rings. The van der Waals surface area contributed by atoms with Gasteiger partial charge in [0.15, 0.2) is 0 Å². The first-order valence-corrected chi connectivity index (χ1v) is 17.5. The summed E-state index contributed by atoms with van der Waals surface area (Å²) in [7, 11) is -4.55. The predicted molar refractivity (Wildman–Crippen MR) is 152 cm³/mol. The maximum absolute atomic E-state index is 16.8. The van der Waals surface area contributed by atoms with E-state index in [1.165, 1.54) is 24.3 Å². The molecule has 1 atom stereocenters. The summed E-state index contributed by atoms with van der Waals surface area (Å²) in [6.45, 7) is 25.8. The summed E-state index contributed by atoms with van der Waals surface area (Å²) < 4.78 is 30.5. The van der Waals surface area contributed by atoms with E-state index in [1.807, 2.05) is 0 Å². The molecule has 0 aliphatic carbocycles. The molecule has 0 aromatic heterocycles. The van der Waals surface area contributed by atoms with Crippen molar-refractivity contribution in [1.82, 2.24) is 0 Å². The van der Waals surface area contributed by atoms with Crippen LogP contribution in [0.25, 0.3) is 0 Å². The number of ketones is 1. The van der Waals surface area contributed by atoms with E-state index in [-0.39, 0.29) is 22.2 Å². The van der Waals surface area contributed by atoms with Crippen LogP contribution in [-0.4, -0.2) is 21.9 Å². The summed E-state index contributed by atoms with van der Waals surface area (Å²) in [5.41, 5.74) is 6.00. The molecule has 0 spiro atoms. The molecular weight excluding hydrogens is 470 g/mol. The Bertz CT molecular complexity index is 942. The lowest BCUT2D eigenvalue weighted by Crippen LogP contribution is -2.44. The molecule has 0 saturated carbocycles. The SMILES string of the molecule is CC(C)[Si](C#CC(=O)[C@](F)(C#C[Si](C(C)C)(C(C)C)C(C)C)c1ccc(F)cc1)(C(C)C)C(C)C. The molecule has 5 heteroatoms. The first kappa shape index (κ1) is 31.3. The first-order chi connectivity index (χ1) is 16.0. The summed E-state index contributed by atoms with van der Waals surface area (Å²) in [6, 6.07) is 5.01. The minimum Gasteiger partial charge on any atom is -0.280 e. The highest BCUT2D eigenvalue weighted by Crippen LogP contribution is 2.42. The highest BCUT2D eigenvalue weighted by atomic mass is 28.3. The Balaban J connectivity index is 3.87. The number of halogens is 2. The van der Waals surface area contributed by atoms with Gasteiger partial charge in [-0.2, -0.15) is 0 Å². The molecule has 0 unspecified atom stereocenters. The van der Waals surface area contributed by atoms with Crippen LogP contribution in [0.3, 0.4) is 0 Å². The van der Waals surface area contributed by atoms with Crippen LogP contribution >= 0.6 is 0 Å². The Morgan fingerprint density at radius 3 is 1.37 bits per heavy atom. The summed E-state index contributed by atoms with van der Waals surface area (Å²) >= 11 is 0. The van der Waals surface area contributed by atoms with Gasteiger partial charge in [-0.25, -0.2) is 8.78 Å². The average molecular weight is 517 g/mol. The lowest BCUT2D eigenvalue weighted by Gasteiger charge is -2.38. The number of carbonyl (C=O) groups excluding carboxylic acids is 1. The largest absolute Gasteiger partial charge is 0.280 e. The van der Waals surface area contributed by atoms with Crippen LogP contribution in [0, 0.1) is 28.7 Å². The third-order valence-electron chi connectivity index (χ3n) is 8.13. The fourth-order valence-electron chi connectivity index (χ4n) is 6.25. The van der Waals surface area contributed by atoms with Crippen LogP contribution < -0.4 is 0 Å². The van der Waals surface area contributed by atoms with Crippen molar-refractivity contribution >= 4 is 21.9 Å². The van der Waals surface area contributed by atoms with Gasteiger partial charge in [0.05, 0.1) is 0 Å². The molecule has 1 aromatic carbocycles. The Labute approximate surface area is 215 Å². The highest BCUT2D eigenvalue weighted by Gasteiger charge is 2.45. The minimum absolute atomic E-state index is 0.0516. The Kier molecular flexibility index (Phi) is 10.8. The quantitative estimate of drug-likeness (QED) is 0.249. The van der Waals surface area contributed by atoms with Gasteiger partial charge in [-0.15, -0.1) is 11.1 Å². The minimum atomic E-state index is -2.59. The van der Waals surface area contributed by atoms with Gasteiger partial charge in [-0.1, -0.05) is 101 Å². The molecule has 0 amide bonds. The average Bonchev–Trinajstić information content (AvgIpc) is 2.73. The van der Waals surface area contributed by atoms with Gasteiger partial charge in [0.25, 0.3) is 11.5 Å². The lowest BCUT2D eigenvalue weighted by atomic mass is 9.92. The van der Waals surface area contributed by atoms with E-state index in [1.54, 1.807) is 0 Å². The highest BCUT2D eigenvalue weighted by molar-refractivity contribution is 6.91. The number of rotatable bonds is 8. The maximum atomic E-state index is 16.8. The van der Waals surface area contributed by atoms with E-state index in [9.17, 15) is 9.18 Å². The molecule has 0 radical (unpaired) electrons. The summed E-state index contributed by atoms with van der Waals surface area (Å²) in [4.78, 5) is 13.6. The molecule has 1 rings (SSSR count). The lowest BCUT2D eigenvalue weighted by molar-refractivity contribution is -0.121. The second kappa shape index (κ2) is 12.0. The first-order valence-electron chi connectivity index (χ1n) is 13.1. The van der Waals surface area contributed by atoms with E-state index < -0.39 is 33.4 Å². The van der Waals surface area contributed by atoms with Gasteiger partial charge >= 0.3 is 0 Å². The zero-order valence-corrected chi connectivity index (χ0v) is 25.9. The zero-order valence-electron chi connectivity index (χ0n) is 23.9. The summed E-state index contributed by atoms with van der Waals surface area (Å²) in [5, 5.41) is 0. The van der Waals surface area contributed by atoms with Crippen LogP contribution in [-0.2, 0) is 10.5 Å². The second-order valence-corrected chi connectivity index (χ2v) is 22.9. The van der Waals surface area contributed by atoms with Crippen molar-refractivity contribution in [2.24, 2.45) is 0 Å². The van der Waals surface area contributed by atoms with E-state index in [0.29, 0.717) is 16.6 Å². The fourth-order valence-corrected chi connectivity index (χ4v) is 16.7. The zero-order chi connectivity index (χ0) is 27.4. The van der Waals surface area contributed by atoms with Gasteiger partial charge in [-0.3, -0.25) is 4.79 Å². The van der Waals surface area contributed by atoms with Crippen molar-refractivity contribution in [3.05, 3.63) is 35.6 Å². The normalized spacial score (nSPS) is 14.3. The molecule has 35 heavy (non-hydrogen) atoms. The number of alkyl halides is 1. The molecule has 1 nitrogen and oxygen atoms in total. The van der Waals surface area contributed by atoms with Gasteiger partial charge in [-0.05, 0) is 51.3 Å². The van der Waals surface area contributed by atoms with Crippen LogP contribution in [0.1, 0.15) is 88.6 Å². The van der Waals surface area contributed by atoms with Crippen molar-refractivity contribution in [2.45, 2.75) is 122 Å². The Morgan fingerprint density at radius 1 is 0.686 bits per heavy atom. The molecule has 194 valence electrons. The topological polar surface area (TPSA) is 17.1 Å². The van der Waals surface area contributed by atoms with E-state index >= 15 is 4.39 Å². The standard InChI is InChI=1S/C30H46F2OSi2/c1-21(2)34(22(3)4,23(5)6)19-17-29(33)30(32,27-13-15-28(31)16-14-27)18-20-35(24(7)8,25(9)10)26(11)12/h13-16,21-26H,1-12H3/t30-/m0/s1. The molecule has 0 N–H and O–H groups in total. The van der Waals surface area contributed by atoms with Gasteiger partial charge in [0.2, 0.25) is 0 Å². The van der Waals surface area contributed by atoms with Gasteiger partial charge < -0.3 is 0 Å². The van der Waals surface area contributed by atoms with E-state index in [4.69, 9.17) is 0 Å².